The van der Waals surface area contributed by atoms with Crippen LogP contribution in [0.25, 0.3) is 5.76 Å². The third-order valence-electron chi connectivity index (χ3n) is 2.63. The van der Waals surface area contributed by atoms with Crippen LogP contribution in [0.5, 0.6) is 0 Å². The number of carbonyl (C=O) groups excluding carboxylic acids is 2. The summed E-state index contributed by atoms with van der Waals surface area (Å²) in [5.41, 5.74) is 3.21. The van der Waals surface area contributed by atoms with Gasteiger partial charge in [0, 0.05) is 12.6 Å². The van der Waals surface area contributed by atoms with Crippen LogP contribution in [-0.2, 0) is 9.53 Å². The second kappa shape index (κ2) is 9.00. The molecule has 0 aliphatic rings. The molecule has 0 heterocycles. The Morgan fingerprint density at radius 2 is 2.04 bits per heavy atom. The number of carbonyl (C=O) groups is 2. The van der Waals surface area contributed by atoms with E-state index < -0.39 is 6.03 Å². The summed E-state index contributed by atoms with van der Waals surface area (Å²) in [4.78, 5) is 22.0. The van der Waals surface area contributed by atoms with Gasteiger partial charge in [-0.3, -0.25) is 10.7 Å². The third-order valence-corrected chi connectivity index (χ3v) is 2.63. The molecule has 0 saturated heterocycles. The minimum atomic E-state index is -0.535. The first-order chi connectivity index (χ1) is 11.0. The monoisotopic (exact) mass is 318 g/mol. The number of anilines is 1. The quantitative estimate of drug-likeness (QED) is 0.293. The van der Waals surface area contributed by atoms with Crippen molar-refractivity contribution < 1.29 is 19.5 Å². The lowest BCUT2D eigenvalue weighted by Gasteiger charge is -2.13. The molecule has 1 aromatic rings. The first-order valence-corrected chi connectivity index (χ1v) is 6.55. The molecule has 0 unspecified atom stereocenters. The average Bonchev–Trinajstić information content (AvgIpc) is 2.57. The molecule has 0 spiro atoms. The van der Waals surface area contributed by atoms with Crippen molar-refractivity contribution in [1.29, 1.82) is 0 Å². The molecule has 122 valence electrons. The third kappa shape index (κ3) is 5.64. The molecule has 8 heteroatoms. The number of allylic oxidation sites excluding steroid dienone is 1. The fourth-order valence-corrected chi connectivity index (χ4v) is 1.49. The number of hydrogen-bond donors (Lipinski definition) is 3. The van der Waals surface area contributed by atoms with Crippen molar-refractivity contribution in [2.75, 3.05) is 19.1 Å². The van der Waals surface area contributed by atoms with Crippen LogP contribution in [0.3, 0.4) is 0 Å². The topological polar surface area (TPSA) is 103 Å². The van der Waals surface area contributed by atoms with Crippen LogP contribution < -0.4 is 10.8 Å². The Bertz CT molecular complexity index is 610. The first kappa shape index (κ1) is 17.9. The van der Waals surface area contributed by atoms with Gasteiger partial charge >= 0.3 is 6.03 Å². The summed E-state index contributed by atoms with van der Waals surface area (Å²) in [6.07, 6.45) is 1.75. The minimum Gasteiger partial charge on any atom is -0.456 e. The second-order valence-corrected chi connectivity index (χ2v) is 4.23. The molecule has 0 saturated carbocycles. The lowest BCUT2D eigenvalue weighted by atomic mass is 10.2. The molecule has 0 atom stereocenters. The Hall–Kier alpha value is -3.13. The number of benzene rings is 1. The van der Waals surface area contributed by atoms with Crippen LogP contribution in [0, 0.1) is 0 Å². The van der Waals surface area contributed by atoms with Gasteiger partial charge in [0.05, 0.1) is 11.9 Å². The van der Waals surface area contributed by atoms with Crippen LogP contribution in [0.1, 0.15) is 5.56 Å². The molecule has 0 aromatic heterocycles. The summed E-state index contributed by atoms with van der Waals surface area (Å²) in [5.74, 6) is 0.451. The SMILES string of the molecule is C=C(/C=N/N(CC=O)C(=O)NC)OC(=C)c1ccc(NO)cc1. The van der Waals surface area contributed by atoms with E-state index in [1.165, 1.54) is 13.3 Å². The molecule has 0 aliphatic carbocycles. The average molecular weight is 318 g/mol. The maximum absolute atomic E-state index is 11.4. The number of hydrazone groups is 1. The molecule has 1 aromatic carbocycles. The summed E-state index contributed by atoms with van der Waals surface area (Å²) in [5, 5.41) is 15.8. The molecule has 1 rings (SSSR count). The fourth-order valence-electron chi connectivity index (χ4n) is 1.49. The number of urea groups is 1. The van der Waals surface area contributed by atoms with E-state index >= 15 is 0 Å². The Kier molecular flexibility index (Phi) is 7.02. The normalized spacial score (nSPS) is 10.0. The molecular formula is C15H18N4O4. The van der Waals surface area contributed by atoms with E-state index in [1.54, 1.807) is 24.3 Å². The van der Waals surface area contributed by atoms with Gasteiger partial charge in [-0.05, 0) is 24.3 Å². The molecule has 0 radical (unpaired) electrons. The first-order valence-electron chi connectivity index (χ1n) is 6.55. The Morgan fingerprint density at radius 1 is 1.39 bits per heavy atom. The zero-order valence-electron chi connectivity index (χ0n) is 12.7. The van der Waals surface area contributed by atoms with Gasteiger partial charge in [0.2, 0.25) is 0 Å². The van der Waals surface area contributed by atoms with Gasteiger partial charge in [0.25, 0.3) is 0 Å². The molecule has 0 fully saturated rings. The highest BCUT2D eigenvalue weighted by Gasteiger charge is 2.09. The zero-order chi connectivity index (χ0) is 17.2. The van der Waals surface area contributed by atoms with E-state index in [0.717, 1.165) is 5.01 Å². The van der Waals surface area contributed by atoms with E-state index in [2.05, 4.69) is 23.6 Å². The minimum absolute atomic E-state index is 0.138. The van der Waals surface area contributed by atoms with Gasteiger partial charge in [-0.15, -0.1) is 0 Å². The Morgan fingerprint density at radius 3 is 2.57 bits per heavy atom. The zero-order valence-corrected chi connectivity index (χ0v) is 12.7. The van der Waals surface area contributed by atoms with Crippen molar-refractivity contribution in [3.63, 3.8) is 0 Å². The van der Waals surface area contributed by atoms with Crippen LogP contribution in [0.4, 0.5) is 10.5 Å². The fraction of sp³-hybridized carbons (Fsp3) is 0.133. The molecule has 3 N–H and O–H groups in total. The number of hydrogen-bond acceptors (Lipinski definition) is 6. The number of nitrogens with one attached hydrogen (secondary N) is 2. The van der Waals surface area contributed by atoms with Crippen molar-refractivity contribution >= 4 is 30.0 Å². The number of ether oxygens (including phenoxy) is 1. The van der Waals surface area contributed by atoms with Gasteiger partial charge in [-0.2, -0.15) is 5.10 Å². The lowest BCUT2D eigenvalue weighted by molar-refractivity contribution is -0.108. The molecule has 2 amide bonds. The van der Waals surface area contributed by atoms with Gasteiger partial charge in [0.1, 0.15) is 24.3 Å². The van der Waals surface area contributed by atoms with E-state index in [-0.39, 0.29) is 12.3 Å². The second-order valence-electron chi connectivity index (χ2n) is 4.23. The molecule has 0 bridgehead atoms. The highest BCUT2D eigenvalue weighted by atomic mass is 16.5. The number of aldehydes is 1. The molecule has 0 aliphatic heterocycles. The van der Waals surface area contributed by atoms with Gasteiger partial charge in [0.15, 0.2) is 0 Å². The number of rotatable bonds is 8. The highest BCUT2D eigenvalue weighted by molar-refractivity contribution is 5.81. The van der Waals surface area contributed by atoms with E-state index in [4.69, 9.17) is 9.94 Å². The summed E-state index contributed by atoms with van der Waals surface area (Å²) < 4.78 is 5.38. The van der Waals surface area contributed by atoms with Crippen molar-refractivity contribution in [2.24, 2.45) is 5.10 Å². The standard InChI is InChI=1S/C15H18N4O4/c1-11(10-17-19(8-9-20)15(21)16-3)23-12(2)13-4-6-14(18-22)7-5-13/h4-7,9-10,18,22H,1-2,8H2,3H3,(H,16,21)/b17-10+. The summed E-state index contributed by atoms with van der Waals surface area (Å²) in [7, 11) is 1.42. The van der Waals surface area contributed by atoms with Gasteiger partial charge in [-0.1, -0.05) is 13.2 Å². The van der Waals surface area contributed by atoms with E-state index in [0.29, 0.717) is 23.3 Å². The Balaban J connectivity index is 2.66. The maximum atomic E-state index is 11.4. The largest absolute Gasteiger partial charge is 0.456 e. The highest BCUT2D eigenvalue weighted by Crippen LogP contribution is 2.18. The van der Waals surface area contributed by atoms with Crippen LogP contribution in [-0.4, -0.2) is 42.3 Å². The smallest absolute Gasteiger partial charge is 0.337 e. The van der Waals surface area contributed by atoms with Crippen molar-refractivity contribution in [2.45, 2.75) is 0 Å². The van der Waals surface area contributed by atoms with Crippen molar-refractivity contribution in [1.82, 2.24) is 10.3 Å². The van der Waals surface area contributed by atoms with Gasteiger partial charge < -0.3 is 14.8 Å². The molecule has 23 heavy (non-hydrogen) atoms. The van der Waals surface area contributed by atoms with Crippen molar-refractivity contribution in [3.05, 3.63) is 48.7 Å². The number of amides is 2. The predicted octanol–water partition coefficient (Wildman–Crippen LogP) is 1.81. The van der Waals surface area contributed by atoms with Gasteiger partial charge in [-0.25, -0.2) is 9.80 Å². The lowest BCUT2D eigenvalue weighted by Crippen LogP contribution is -2.35. The van der Waals surface area contributed by atoms with E-state index in [9.17, 15) is 9.59 Å². The summed E-state index contributed by atoms with van der Waals surface area (Å²) >= 11 is 0. The van der Waals surface area contributed by atoms with Crippen molar-refractivity contribution in [3.8, 4) is 0 Å². The summed E-state index contributed by atoms with van der Waals surface area (Å²) in [6, 6.07) is 6.12. The van der Waals surface area contributed by atoms with Crippen LogP contribution in [0.2, 0.25) is 0 Å². The summed E-state index contributed by atoms with van der Waals surface area (Å²) in [6.45, 7) is 7.20. The van der Waals surface area contributed by atoms with Crippen LogP contribution in [0.15, 0.2) is 48.3 Å². The molecule has 8 nitrogen and oxygen atoms in total. The maximum Gasteiger partial charge on any atom is 0.337 e. The predicted molar refractivity (Wildman–Crippen MR) is 86.8 cm³/mol. The Labute approximate surface area is 133 Å². The molecular weight excluding hydrogens is 300 g/mol. The van der Waals surface area contributed by atoms with Crippen LogP contribution >= 0.6 is 0 Å². The number of nitrogens with zero attached hydrogens (tertiary/aromatic N) is 2. The van der Waals surface area contributed by atoms with E-state index in [1.807, 2.05) is 5.48 Å².